The third-order valence-corrected chi connectivity index (χ3v) is 10.5. The van der Waals surface area contributed by atoms with Crippen LogP contribution in [0.3, 0.4) is 0 Å². The molecule has 8 nitrogen and oxygen atoms in total. The van der Waals surface area contributed by atoms with E-state index >= 15 is 0 Å². The van der Waals surface area contributed by atoms with Crippen LogP contribution in [0.2, 0.25) is 0 Å². The van der Waals surface area contributed by atoms with Crippen LogP contribution in [0, 0.1) is 0 Å². The second-order valence-corrected chi connectivity index (χ2v) is 12.2. The van der Waals surface area contributed by atoms with Crippen molar-refractivity contribution in [1.82, 2.24) is 15.0 Å². The lowest BCUT2D eigenvalue weighted by Crippen LogP contribution is -2.46. The molecule has 34 heavy (non-hydrogen) atoms. The van der Waals surface area contributed by atoms with Crippen molar-refractivity contribution in [3.05, 3.63) is 42.2 Å². The zero-order valence-electron chi connectivity index (χ0n) is 19.4. The van der Waals surface area contributed by atoms with E-state index in [1.807, 2.05) is 36.5 Å². The second-order valence-electron chi connectivity index (χ2n) is 9.65. The molecule has 0 amide bonds. The van der Waals surface area contributed by atoms with Gasteiger partial charge in [-0.3, -0.25) is 0 Å². The van der Waals surface area contributed by atoms with Crippen molar-refractivity contribution in [3.8, 4) is 11.4 Å². The molecule has 0 radical (unpaired) electrons. The van der Waals surface area contributed by atoms with Crippen LogP contribution < -0.4 is 4.90 Å². The summed E-state index contributed by atoms with van der Waals surface area (Å²) in [5.74, 6) is 1.33. The number of ether oxygens (including phenoxy) is 2. The van der Waals surface area contributed by atoms with Gasteiger partial charge in [0, 0.05) is 48.5 Å². The summed E-state index contributed by atoms with van der Waals surface area (Å²) < 4.78 is 38.0. The van der Waals surface area contributed by atoms with Gasteiger partial charge in [0.15, 0.2) is 15.7 Å². The summed E-state index contributed by atoms with van der Waals surface area (Å²) in [6.45, 7) is 4.88. The van der Waals surface area contributed by atoms with Gasteiger partial charge < -0.3 is 19.4 Å². The molecular formula is C25H30N4O4S. The van der Waals surface area contributed by atoms with E-state index in [0.29, 0.717) is 57.3 Å². The quantitative estimate of drug-likeness (QED) is 0.595. The molecule has 3 fully saturated rings. The van der Waals surface area contributed by atoms with Crippen LogP contribution in [0.5, 0.6) is 0 Å². The molecule has 1 N–H and O–H groups in total. The van der Waals surface area contributed by atoms with Gasteiger partial charge in [-0.15, -0.1) is 0 Å². The maximum Gasteiger partial charge on any atom is 0.164 e. The number of rotatable bonds is 5. The number of benzene rings is 1. The first-order chi connectivity index (χ1) is 16.5. The predicted molar refractivity (Wildman–Crippen MR) is 131 cm³/mol. The monoisotopic (exact) mass is 482 g/mol. The summed E-state index contributed by atoms with van der Waals surface area (Å²) in [5.41, 5.74) is 2.50. The Hall–Kier alpha value is -2.49. The molecule has 9 heteroatoms. The molecule has 180 valence electrons. The van der Waals surface area contributed by atoms with E-state index < -0.39 is 14.6 Å². The van der Waals surface area contributed by atoms with Crippen LogP contribution in [0.4, 0.5) is 5.82 Å². The summed E-state index contributed by atoms with van der Waals surface area (Å²) in [5, 5.41) is 0.745. The summed E-state index contributed by atoms with van der Waals surface area (Å²) in [4.78, 5) is 15.5. The molecule has 1 aromatic carbocycles. The minimum absolute atomic E-state index is 0.137. The van der Waals surface area contributed by atoms with Gasteiger partial charge in [0.25, 0.3) is 0 Å². The highest BCUT2D eigenvalue weighted by Gasteiger charge is 2.54. The van der Waals surface area contributed by atoms with Crippen LogP contribution in [0.15, 0.2) is 36.5 Å². The second kappa shape index (κ2) is 8.32. The van der Waals surface area contributed by atoms with Crippen LogP contribution in [-0.2, 0) is 24.1 Å². The van der Waals surface area contributed by atoms with Gasteiger partial charge in [-0.05, 0) is 44.7 Å². The maximum absolute atomic E-state index is 13.9. The molecular weight excluding hydrogens is 452 g/mol. The number of aromatic nitrogens is 3. The highest BCUT2D eigenvalue weighted by atomic mass is 32.2. The molecule has 3 aromatic rings. The normalized spacial score (nSPS) is 23.3. The minimum atomic E-state index is -3.41. The fraction of sp³-hybridized carbons (Fsp3) is 0.520. The molecule has 1 unspecified atom stereocenters. The van der Waals surface area contributed by atoms with E-state index in [4.69, 9.17) is 19.4 Å². The molecule has 2 aromatic heterocycles. The number of H-pyrrole nitrogens is 1. The van der Waals surface area contributed by atoms with Crippen LogP contribution in [0.25, 0.3) is 22.3 Å². The van der Waals surface area contributed by atoms with Crippen LogP contribution in [0.1, 0.15) is 38.3 Å². The van der Waals surface area contributed by atoms with Crippen molar-refractivity contribution in [2.45, 2.75) is 48.6 Å². The number of nitrogens with one attached hydrogen (secondary N) is 1. The summed E-state index contributed by atoms with van der Waals surface area (Å²) in [7, 11) is -3.41. The Labute approximate surface area is 199 Å². The average molecular weight is 483 g/mol. The molecule has 0 bridgehead atoms. The lowest BCUT2D eigenvalue weighted by atomic mass is 9.94. The fourth-order valence-electron chi connectivity index (χ4n) is 5.37. The van der Waals surface area contributed by atoms with Gasteiger partial charge in [0.1, 0.15) is 10.6 Å². The molecule has 6 rings (SSSR count). The Morgan fingerprint density at radius 1 is 1.09 bits per heavy atom. The third kappa shape index (κ3) is 3.52. The van der Waals surface area contributed by atoms with Gasteiger partial charge in [0.05, 0.1) is 30.2 Å². The zero-order chi connectivity index (χ0) is 23.3. The molecule has 2 aliphatic heterocycles. The van der Waals surface area contributed by atoms with E-state index in [-0.39, 0.29) is 11.3 Å². The topological polar surface area (TPSA) is 97.4 Å². The number of sulfone groups is 1. The summed E-state index contributed by atoms with van der Waals surface area (Å²) in [6, 6.07) is 10.1. The lowest BCUT2D eigenvalue weighted by molar-refractivity contribution is 0.0729. The fourth-order valence-corrected chi connectivity index (χ4v) is 7.89. The highest BCUT2D eigenvalue weighted by Crippen LogP contribution is 2.48. The van der Waals surface area contributed by atoms with Crippen molar-refractivity contribution in [3.63, 3.8) is 0 Å². The Morgan fingerprint density at radius 3 is 2.68 bits per heavy atom. The molecule has 1 aliphatic carbocycles. The van der Waals surface area contributed by atoms with Crippen LogP contribution in [-0.4, -0.2) is 67.6 Å². The minimum Gasteiger partial charge on any atom is -0.381 e. The molecule has 1 atom stereocenters. The number of fused-ring (bicyclic) bond motifs is 1. The number of hydrogen-bond acceptors (Lipinski definition) is 7. The van der Waals surface area contributed by atoms with Gasteiger partial charge in [-0.2, -0.15) is 0 Å². The van der Waals surface area contributed by atoms with Crippen molar-refractivity contribution >= 4 is 26.6 Å². The third-order valence-electron chi connectivity index (χ3n) is 7.49. The largest absolute Gasteiger partial charge is 0.381 e. The van der Waals surface area contributed by atoms with E-state index in [1.54, 1.807) is 0 Å². The van der Waals surface area contributed by atoms with Crippen molar-refractivity contribution in [1.29, 1.82) is 0 Å². The smallest absolute Gasteiger partial charge is 0.164 e. The standard InChI is InChI=1S/C25H30N4O4S/c1-17-16-33-14-11-29(17)23-15-22(25(8-12-32-13-9-25)34(30,31)18-5-6-18)27-24(28-23)20-3-2-4-21-19(20)7-10-26-21/h2-4,7,10,15,17-18,26H,5-6,8-9,11-14,16H2,1H3. The van der Waals surface area contributed by atoms with Crippen molar-refractivity contribution in [2.75, 3.05) is 37.9 Å². The van der Waals surface area contributed by atoms with Crippen LogP contribution >= 0.6 is 0 Å². The van der Waals surface area contributed by atoms with E-state index in [1.165, 1.54) is 0 Å². The molecule has 1 saturated carbocycles. The lowest BCUT2D eigenvalue weighted by Gasteiger charge is -2.38. The number of nitrogens with zero attached hydrogens (tertiary/aromatic N) is 3. The number of anilines is 1. The Bertz CT molecular complexity index is 1310. The van der Waals surface area contributed by atoms with Gasteiger partial charge in [-0.25, -0.2) is 18.4 Å². The number of morpholine rings is 1. The predicted octanol–water partition coefficient (Wildman–Crippen LogP) is 3.43. The first-order valence-electron chi connectivity index (χ1n) is 12.1. The molecule has 3 aliphatic rings. The molecule has 0 spiro atoms. The molecule has 4 heterocycles. The zero-order valence-corrected chi connectivity index (χ0v) is 20.2. The maximum atomic E-state index is 13.9. The number of hydrogen-bond donors (Lipinski definition) is 1. The first-order valence-corrected chi connectivity index (χ1v) is 13.7. The van der Waals surface area contributed by atoms with Gasteiger partial charge in [0.2, 0.25) is 0 Å². The van der Waals surface area contributed by atoms with Gasteiger partial charge in [-0.1, -0.05) is 12.1 Å². The average Bonchev–Trinajstić information content (AvgIpc) is 3.62. The van der Waals surface area contributed by atoms with Crippen molar-refractivity contribution < 1.29 is 17.9 Å². The SMILES string of the molecule is CC1COCCN1c1cc(C2(S(=O)(=O)C3CC3)CCOCC2)nc(-c2cccc3[nH]ccc23)n1. The van der Waals surface area contributed by atoms with E-state index in [2.05, 4.69) is 16.8 Å². The molecule has 2 saturated heterocycles. The van der Waals surface area contributed by atoms with E-state index in [9.17, 15) is 8.42 Å². The number of aromatic amines is 1. The summed E-state index contributed by atoms with van der Waals surface area (Å²) in [6.07, 6.45) is 4.22. The Balaban J connectivity index is 1.57. The van der Waals surface area contributed by atoms with E-state index in [0.717, 1.165) is 35.1 Å². The Kier molecular flexibility index (Phi) is 5.38. The highest BCUT2D eigenvalue weighted by molar-refractivity contribution is 7.93. The van der Waals surface area contributed by atoms with Gasteiger partial charge >= 0.3 is 0 Å². The summed E-state index contributed by atoms with van der Waals surface area (Å²) >= 11 is 0. The Morgan fingerprint density at radius 2 is 1.91 bits per heavy atom. The van der Waals surface area contributed by atoms with Crippen molar-refractivity contribution in [2.24, 2.45) is 0 Å². The first kappa shape index (κ1) is 22.0.